The van der Waals surface area contributed by atoms with Gasteiger partial charge in [-0.25, -0.2) is 8.42 Å². The molecule has 8 heteroatoms. The highest BCUT2D eigenvalue weighted by Gasteiger charge is 2.40. The maximum absolute atomic E-state index is 13.5. The summed E-state index contributed by atoms with van der Waals surface area (Å²) in [7, 11) is -3.18. The molecule has 3 aromatic rings. The van der Waals surface area contributed by atoms with Crippen molar-refractivity contribution in [1.29, 1.82) is 5.41 Å². The van der Waals surface area contributed by atoms with Crippen LogP contribution in [0.2, 0.25) is 0 Å². The number of benzene rings is 2. The van der Waals surface area contributed by atoms with E-state index in [1.165, 1.54) is 16.8 Å². The van der Waals surface area contributed by atoms with Gasteiger partial charge < -0.3 is 15.3 Å². The van der Waals surface area contributed by atoms with E-state index in [0.717, 1.165) is 33.4 Å². The first-order valence-corrected chi connectivity index (χ1v) is 12.5. The molecule has 1 aliphatic heterocycles. The number of rotatable bonds is 3. The van der Waals surface area contributed by atoms with E-state index in [2.05, 4.69) is 29.8 Å². The summed E-state index contributed by atoms with van der Waals surface area (Å²) in [6, 6.07) is 11.6. The number of anilines is 1. The number of hydrogen-bond donors (Lipinski definition) is 2. The molecule has 166 valence electrons. The molecule has 1 aromatic heterocycles. The van der Waals surface area contributed by atoms with Crippen molar-refractivity contribution in [3.8, 4) is 0 Å². The number of carbonyl (C=O) groups excluding carboxylic acids is 1. The van der Waals surface area contributed by atoms with Crippen molar-refractivity contribution in [2.45, 2.75) is 19.3 Å². The van der Waals surface area contributed by atoms with Crippen molar-refractivity contribution in [3.63, 3.8) is 0 Å². The minimum absolute atomic E-state index is 0.0108. The number of fused-ring (bicyclic) bond motifs is 4. The van der Waals surface area contributed by atoms with Crippen LogP contribution in [0.25, 0.3) is 10.9 Å². The van der Waals surface area contributed by atoms with Gasteiger partial charge in [-0.15, -0.1) is 0 Å². The smallest absolute Gasteiger partial charge is 0.211 e. The van der Waals surface area contributed by atoms with E-state index in [1.807, 2.05) is 30.3 Å². The summed E-state index contributed by atoms with van der Waals surface area (Å²) >= 11 is 0. The van der Waals surface area contributed by atoms with Gasteiger partial charge in [0, 0.05) is 65.7 Å². The number of nitrogens with zero attached hydrogens (tertiary/aromatic N) is 2. The van der Waals surface area contributed by atoms with E-state index >= 15 is 0 Å². The second kappa shape index (κ2) is 7.02. The van der Waals surface area contributed by atoms with Gasteiger partial charge >= 0.3 is 0 Å². The summed E-state index contributed by atoms with van der Waals surface area (Å²) in [5, 5.41) is 8.41. The van der Waals surface area contributed by atoms with Gasteiger partial charge in [-0.05, 0) is 35.4 Å². The first-order valence-electron chi connectivity index (χ1n) is 10.7. The lowest BCUT2D eigenvalue weighted by Crippen LogP contribution is -2.48. The Labute approximate surface area is 187 Å². The predicted molar refractivity (Wildman–Crippen MR) is 127 cm³/mol. The summed E-state index contributed by atoms with van der Waals surface area (Å²) in [4.78, 5) is 19.2. The van der Waals surface area contributed by atoms with Crippen LogP contribution in [0, 0.1) is 5.41 Å². The van der Waals surface area contributed by atoms with E-state index in [-0.39, 0.29) is 5.78 Å². The van der Waals surface area contributed by atoms with Crippen molar-refractivity contribution < 1.29 is 13.2 Å². The van der Waals surface area contributed by atoms with E-state index < -0.39 is 15.4 Å². The van der Waals surface area contributed by atoms with E-state index in [4.69, 9.17) is 5.41 Å². The average molecular weight is 451 g/mol. The van der Waals surface area contributed by atoms with Gasteiger partial charge in [0.25, 0.3) is 0 Å². The average Bonchev–Trinajstić information content (AvgIpc) is 3.17. The zero-order chi connectivity index (χ0) is 22.8. The highest BCUT2D eigenvalue weighted by atomic mass is 32.2. The van der Waals surface area contributed by atoms with Crippen LogP contribution in [0.3, 0.4) is 0 Å². The summed E-state index contributed by atoms with van der Waals surface area (Å²) in [5.74, 6) is 0.0108. The molecular formula is C24H26N4O3S. The number of nitrogens with one attached hydrogen (secondary N) is 2. The van der Waals surface area contributed by atoms with Gasteiger partial charge in [0.1, 0.15) is 0 Å². The Morgan fingerprint density at radius 3 is 2.44 bits per heavy atom. The molecule has 0 unspecified atom stereocenters. The van der Waals surface area contributed by atoms with E-state index in [9.17, 15) is 13.2 Å². The fraction of sp³-hybridized carbons (Fsp3) is 0.333. The molecule has 0 amide bonds. The monoisotopic (exact) mass is 450 g/mol. The topological polar surface area (TPSA) is 97.3 Å². The third-order valence-corrected chi connectivity index (χ3v) is 8.14. The number of carbonyl (C=O) groups is 1. The summed E-state index contributed by atoms with van der Waals surface area (Å²) in [6.45, 7) is 6.39. The first kappa shape index (κ1) is 20.9. The molecule has 2 aliphatic rings. The highest BCUT2D eigenvalue weighted by Crippen LogP contribution is 2.44. The predicted octanol–water partition coefficient (Wildman–Crippen LogP) is 3.12. The molecule has 0 radical (unpaired) electrons. The van der Waals surface area contributed by atoms with Crippen molar-refractivity contribution in [2.75, 3.05) is 37.3 Å². The quantitative estimate of drug-likeness (QED) is 0.599. The van der Waals surface area contributed by atoms with Crippen molar-refractivity contribution in [3.05, 3.63) is 64.3 Å². The largest absolute Gasteiger partial charge is 0.369 e. The van der Waals surface area contributed by atoms with Gasteiger partial charge in [-0.2, -0.15) is 4.31 Å². The lowest BCUT2D eigenvalue weighted by Gasteiger charge is -2.37. The molecule has 2 heterocycles. The maximum atomic E-state index is 13.5. The van der Waals surface area contributed by atoms with Crippen LogP contribution in [0.5, 0.6) is 0 Å². The second-order valence-electron chi connectivity index (χ2n) is 9.16. The molecule has 32 heavy (non-hydrogen) atoms. The minimum atomic E-state index is -3.18. The lowest BCUT2D eigenvalue weighted by molar-refractivity contribution is 0.103. The van der Waals surface area contributed by atoms with Crippen LogP contribution >= 0.6 is 0 Å². The molecule has 1 aliphatic carbocycles. The SMILES string of the molecule is CC1(C)c2cc(N3CCN(S(C)(=O)=O)CC3)ccc2C(=O)c2c1[nH]c1cc(C=N)ccc21. The second-order valence-corrected chi connectivity index (χ2v) is 11.1. The van der Waals surface area contributed by atoms with E-state index in [0.29, 0.717) is 37.3 Å². The van der Waals surface area contributed by atoms with Crippen LogP contribution in [0.1, 0.15) is 46.6 Å². The molecule has 1 saturated heterocycles. The van der Waals surface area contributed by atoms with Gasteiger partial charge in [0.2, 0.25) is 10.0 Å². The Kier molecular flexibility index (Phi) is 4.58. The van der Waals surface area contributed by atoms with Crippen molar-refractivity contribution in [1.82, 2.24) is 9.29 Å². The molecule has 2 N–H and O–H groups in total. The third-order valence-electron chi connectivity index (χ3n) is 6.84. The number of aromatic amines is 1. The zero-order valence-corrected chi connectivity index (χ0v) is 19.2. The molecule has 5 rings (SSSR count). The fourth-order valence-corrected chi connectivity index (χ4v) is 5.83. The van der Waals surface area contributed by atoms with Crippen LogP contribution in [0.15, 0.2) is 36.4 Å². The number of sulfonamides is 1. The number of piperazine rings is 1. The maximum Gasteiger partial charge on any atom is 0.211 e. The first-order chi connectivity index (χ1) is 15.1. The van der Waals surface area contributed by atoms with E-state index in [1.54, 1.807) is 0 Å². The Balaban J connectivity index is 1.55. The van der Waals surface area contributed by atoms with Crippen LogP contribution in [-0.2, 0) is 15.4 Å². The van der Waals surface area contributed by atoms with Gasteiger partial charge in [-0.1, -0.05) is 26.0 Å². The number of aromatic nitrogens is 1. The Morgan fingerprint density at radius 2 is 1.78 bits per heavy atom. The highest BCUT2D eigenvalue weighted by molar-refractivity contribution is 7.88. The fourth-order valence-electron chi connectivity index (χ4n) is 5.00. The molecule has 2 aromatic carbocycles. The molecule has 0 spiro atoms. The molecule has 0 atom stereocenters. The molecule has 0 saturated carbocycles. The van der Waals surface area contributed by atoms with Crippen LogP contribution < -0.4 is 4.90 Å². The van der Waals surface area contributed by atoms with Gasteiger partial charge in [0.05, 0.1) is 11.8 Å². The zero-order valence-electron chi connectivity index (χ0n) is 18.4. The number of hydrogen-bond acceptors (Lipinski definition) is 5. The van der Waals surface area contributed by atoms with Crippen LogP contribution in [-0.4, -0.2) is 62.1 Å². The lowest BCUT2D eigenvalue weighted by atomic mass is 9.71. The summed E-state index contributed by atoms with van der Waals surface area (Å²) < 4.78 is 25.2. The molecule has 7 nitrogen and oxygen atoms in total. The van der Waals surface area contributed by atoms with Crippen LogP contribution in [0.4, 0.5) is 5.69 Å². The van der Waals surface area contributed by atoms with Crippen molar-refractivity contribution in [2.24, 2.45) is 0 Å². The minimum Gasteiger partial charge on any atom is -0.369 e. The molecule has 0 bridgehead atoms. The van der Waals surface area contributed by atoms with Gasteiger partial charge in [0.15, 0.2) is 5.78 Å². The normalized spacial score (nSPS) is 18.5. The molecule has 1 fully saturated rings. The number of ketones is 1. The Morgan fingerprint density at radius 1 is 1.06 bits per heavy atom. The van der Waals surface area contributed by atoms with Crippen molar-refractivity contribution >= 4 is 38.6 Å². The van der Waals surface area contributed by atoms with Gasteiger partial charge in [-0.3, -0.25) is 4.79 Å². The summed E-state index contributed by atoms with van der Waals surface area (Å²) in [6.07, 6.45) is 2.55. The summed E-state index contributed by atoms with van der Waals surface area (Å²) in [5.41, 5.74) is 5.53. The third kappa shape index (κ3) is 3.09. The number of H-pyrrole nitrogens is 1. The Bertz CT molecular complexity index is 1380. The standard InChI is InChI=1S/C24H26N4O3S/c1-24(2)19-13-16(27-8-10-28(11-9-27)32(3,30)31)5-7-17(19)22(29)21-18-6-4-15(14-25)12-20(18)26-23(21)24/h4-7,12-14,25-26H,8-11H2,1-3H3. The Hall–Kier alpha value is -2.97. The molecular weight excluding hydrogens is 424 g/mol.